The first-order valence-electron chi connectivity index (χ1n) is 9.74. The Labute approximate surface area is 185 Å². The number of hydrogen-bond donors (Lipinski definition) is 0. The minimum Gasteiger partial charge on any atom is -0.493 e. The van der Waals surface area contributed by atoms with Crippen molar-refractivity contribution < 1.29 is 18.7 Å². The molecule has 0 unspecified atom stereocenters. The van der Waals surface area contributed by atoms with Gasteiger partial charge in [0.25, 0.3) is 0 Å². The van der Waals surface area contributed by atoms with Gasteiger partial charge in [-0.25, -0.2) is 9.78 Å². The molecular weight excluding hydrogens is 416 g/mol. The fourth-order valence-corrected chi connectivity index (χ4v) is 3.06. The van der Waals surface area contributed by atoms with E-state index in [1.807, 2.05) is 31.2 Å². The zero-order chi connectivity index (χ0) is 22.2. The monoisotopic (exact) mass is 436 g/mol. The second-order valence-electron chi connectivity index (χ2n) is 6.56. The largest absolute Gasteiger partial charge is 0.493 e. The van der Waals surface area contributed by atoms with Gasteiger partial charge in [0.05, 0.1) is 29.5 Å². The Morgan fingerprint density at radius 2 is 1.97 bits per heavy atom. The number of oxazole rings is 1. The van der Waals surface area contributed by atoms with Crippen LogP contribution in [0.15, 0.2) is 58.5 Å². The van der Waals surface area contributed by atoms with Crippen molar-refractivity contribution >= 4 is 23.6 Å². The van der Waals surface area contributed by atoms with Gasteiger partial charge < -0.3 is 13.9 Å². The van der Waals surface area contributed by atoms with E-state index >= 15 is 0 Å². The molecule has 0 spiro atoms. The maximum atomic E-state index is 11.7. The van der Waals surface area contributed by atoms with Crippen LogP contribution in [0.1, 0.15) is 23.9 Å². The van der Waals surface area contributed by atoms with Gasteiger partial charge in [0.2, 0.25) is 5.89 Å². The van der Waals surface area contributed by atoms with Gasteiger partial charge in [0.1, 0.15) is 23.2 Å². The Balaban J connectivity index is 1.60. The molecule has 0 saturated carbocycles. The van der Waals surface area contributed by atoms with Crippen LogP contribution >= 0.6 is 11.6 Å². The zero-order valence-corrected chi connectivity index (χ0v) is 18.0. The molecule has 6 nitrogen and oxygen atoms in total. The molecule has 158 valence electrons. The number of aryl methyl sites for hydroxylation is 1. The van der Waals surface area contributed by atoms with Crippen LogP contribution in [0, 0.1) is 18.3 Å². The van der Waals surface area contributed by atoms with Crippen molar-refractivity contribution in [3.8, 4) is 23.3 Å². The zero-order valence-electron chi connectivity index (χ0n) is 17.2. The molecule has 0 amide bonds. The first-order valence-corrected chi connectivity index (χ1v) is 10.1. The average molecular weight is 437 g/mol. The number of carbonyl (C=O) groups is 1. The summed E-state index contributed by atoms with van der Waals surface area (Å²) < 4.78 is 16.4. The molecule has 0 bridgehead atoms. The summed E-state index contributed by atoms with van der Waals surface area (Å²) in [5.41, 5.74) is 2.21. The molecule has 0 radical (unpaired) electrons. The molecule has 0 fully saturated rings. The summed E-state index contributed by atoms with van der Waals surface area (Å²) >= 11 is 6.22. The number of ether oxygens (including phenoxy) is 2. The average Bonchev–Trinajstić information content (AvgIpc) is 3.13. The van der Waals surface area contributed by atoms with Crippen LogP contribution in [0.25, 0.3) is 17.5 Å². The third kappa shape index (κ3) is 5.74. The number of benzene rings is 2. The summed E-state index contributed by atoms with van der Waals surface area (Å²) in [6, 6.07) is 16.3. The molecule has 1 heterocycles. The fraction of sp³-hybridized carbons (Fsp3) is 0.208. The summed E-state index contributed by atoms with van der Waals surface area (Å²) in [7, 11) is 0. The van der Waals surface area contributed by atoms with Gasteiger partial charge in [-0.1, -0.05) is 35.9 Å². The number of aromatic nitrogens is 1. The summed E-state index contributed by atoms with van der Waals surface area (Å²) in [5, 5.41) is 9.70. The second kappa shape index (κ2) is 10.5. The van der Waals surface area contributed by atoms with Crippen molar-refractivity contribution in [3.05, 3.63) is 76.1 Å². The number of carbonyl (C=O) groups excluding carboxylic acids is 1. The SMILES string of the molecule is CCOC(=O)/C(C#N)=C/c1ccc(OCCc2nc(-c3ccccc3Cl)oc2C)cc1. The van der Waals surface area contributed by atoms with Gasteiger partial charge in [-0.3, -0.25) is 0 Å². The lowest BCUT2D eigenvalue weighted by atomic mass is 10.1. The molecule has 0 atom stereocenters. The van der Waals surface area contributed by atoms with Gasteiger partial charge in [0.15, 0.2) is 0 Å². The lowest BCUT2D eigenvalue weighted by Gasteiger charge is -2.06. The van der Waals surface area contributed by atoms with E-state index < -0.39 is 5.97 Å². The molecule has 3 rings (SSSR count). The molecule has 3 aromatic rings. The molecule has 7 heteroatoms. The van der Waals surface area contributed by atoms with E-state index in [-0.39, 0.29) is 12.2 Å². The van der Waals surface area contributed by atoms with Crippen molar-refractivity contribution in [2.24, 2.45) is 0 Å². The van der Waals surface area contributed by atoms with E-state index in [1.165, 1.54) is 6.08 Å². The Kier molecular flexibility index (Phi) is 7.47. The lowest BCUT2D eigenvalue weighted by molar-refractivity contribution is -0.137. The standard InChI is InChI=1S/C24H21ClN2O4/c1-3-29-24(28)18(15-26)14-17-8-10-19(11-9-17)30-13-12-22-16(2)31-23(27-22)20-6-4-5-7-21(20)25/h4-11,14H,3,12-13H2,1-2H3/b18-14+. The van der Waals surface area contributed by atoms with Crippen molar-refractivity contribution in [1.82, 2.24) is 4.98 Å². The minimum atomic E-state index is -0.635. The number of nitriles is 1. The quantitative estimate of drug-likeness (QED) is 0.267. The normalized spacial score (nSPS) is 11.1. The Morgan fingerprint density at radius 1 is 1.23 bits per heavy atom. The van der Waals surface area contributed by atoms with Gasteiger partial charge >= 0.3 is 5.97 Å². The molecule has 0 saturated heterocycles. The predicted molar refractivity (Wildman–Crippen MR) is 118 cm³/mol. The first-order chi connectivity index (χ1) is 15.0. The van der Waals surface area contributed by atoms with E-state index in [1.54, 1.807) is 37.3 Å². The minimum absolute atomic E-state index is 0.0497. The molecule has 0 N–H and O–H groups in total. The molecule has 0 aliphatic carbocycles. The van der Waals surface area contributed by atoms with Crippen molar-refractivity contribution in [3.63, 3.8) is 0 Å². The number of rotatable bonds is 8. The Bertz CT molecular complexity index is 1130. The smallest absolute Gasteiger partial charge is 0.348 e. The highest BCUT2D eigenvalue weighted by atomic mass is 35.5. The van der Waals surface area contributed by atoms with Crippen molar-refractivity contribution in [1.29, 1.82) is 5.26 Å². The summed E-state index contributed by atoms with van der Waals surface area (Å²) in [5.74, 6) is 1.25. The number of hydrogen-bond acceptors (Lipinski definition) is 6. The van der Waals surface area contributed by atoms with Gasteiger partial charge in [-0.2, -0.15) is 5.26 Å². The van der Waals surface area contributed by atoms with Crippen LogP contribution in [-0.4, -0.2) is 24.2 Å². The Hall–Kier alpha value is -3.56. The van der Waals surface area contributed by atoms with E-state index in [2.05, 4.69) is 4.98 Å². The number of nitrogens with zero attached hydrogens (tertiary/aromatic N) is 2. The van der Waals surface area contributed by atoms with Crippen LogP contribution < -0.4 is 4.74 Å². The van der Waals surface area contributed by atoms with E-state index in [0.717, 1.165) is 17.0 Å². The van der Waals surface area contributed by atoms with Crippen molar-refractivity contribution in [2.45, 2.75) is 20.3 Å². The fourth-order valence-electron chi connectivity index (χ4n) is 2.85. The van der Waals surface area contributed by atoms with Crippen LogP contribution in [-0.2, 0) is 16.0 Å². The lowest BCUT2D eigenvalue weighted by Crippen LogP contribution is -2.06. The highest BCUT2D eigenvalue weighted by Gasteiger charge is 2.14. The summed E-state index contributed by atoms with van der Waals surface area (Å²) in [6.07, 6.45) is 2.06. The molecular formula is C24H21ClN2O4. The van der Waals surface area contributed by atoms with Crippen LogP contribution in [0.5, 0.6) is 5.75 Å². The van der Waals surface area contributed by atoms with E-state index in [9.17, 15) is 4.79 Å². The topological polar surface area (TPSA) is 85.4 Å². The predicted octanol–water partition coefficient (Wildman–Crippen LogP) is 5.40. The van der Waals surface area contributed by atoms with Crippen LogP contribution in [0.4, 0.5) is 0 Å². The first kappa shape index (κ1) is 22.1. The molecule has 2 aromatic carbocycles. The van der Waals surface area contributed by atoms with E-state index in [4.69, 9.17) is 30.8 Å². The number of halogens is 1. The van der Waals surface area contributed by atoms with Gasteiger partial charge in [-0.05, 0) is 49.8 Å². The van der Waals surface area contributed by atoms with Gasteiger partial charge in [0, 0.05) is 6.42 Å². The maximum absolute atomic E-state index is 11.7. The molecule has 1 aromatic heterocycles. The summed E-state index contributed by atoms with van der Waals surface area (Å²) in [6.45, 7) is 4.18. The van der Waals surface area contributed by atoms with E-state index in [0.29, 0.717) is 35.3 Å². The molecule has 0 aliphatic heterocycles. The Morgan fingerprint density at radius 3 is 2.65 bits per heavy atom. The molecule has 0 aliphatic rings. The third-order valence-corrected chi connectivity index (χ3v) is 4.74. The number of esters is 1. The summed E-state index contributed by atoms with van der Waals surface area (Å²) in [4.78, 5) is 16.2. The third-order valence-electron chi connectivity index (χ3n) is 4.41. The highest BCUT2D eigenvalue weighted by Crippen LogP contribution is 2.28. The van der Waals surface area contributed by atoms with Crippen LogP contribution in [0.3, 0.4) is 0 Å². The van der Waals surface area contributed by atoms with Crippen molar-refractivity contribution in [2.75, 3.05) is 13.2 Å². The maximum Gasteiger partial charge on any atom is 0.348 e. The van der Waals surface area contributed by atoms with Crippen LogP contribution in [0.2, 0.25) is 5.02 Å². The highest BCUT2D eigenvalue weighted by molar-refractivity contribution is 6.33. The molecule has 31 heavy (non-hydrogen) atoms. The second-order valence-corrected chi connectivity index (χ2v) is 6.97. The van der Waals surface area contributed by atoms with Gasteiger partial charge in [-0.15, -0.1) is 0 Å².